The van der Waals surface area contributed by atoms with Crippen LogP contribution in [0.4, 0.5) is 4.79 Å². The summed E-state index contributed by atoms with van der Waals surface area (Å²) in [5.41, 5.74) is 6.28. The Kier molecular flexibility index (Phi) is 2.83. The highest BCUT2D eigenvalue weighted by Crippen LogP contribution is 2.50. The third-order valence-corrected chi connectivity index (χ3v) is 3.30. The standard InChI is InChI=1S/C12H16N2O2/c1-8(14(16)12(13)15)10-7-11(10)9-5-3-2-4-6-9/h2-6,8,10-11,16H,7H2,1H3,(H2,13,15). The minimum Gasteiger partial charge on any atom is -0.350 e. The number of hydrogen-bond donors (Lipinski definition) is 2. The average Bonchev–Trinajstić information content (AvgIpc) is 3.08. The van der Waals surface area contributed by atoms with Crippen LogP contribution >= 0.6 is 0 Å². The van der Waals surface area contributed by atoms with E-state index in [0.717, 1.165) is 6.42 Å². The maximum atomic E-state index is 10.8. The second kappa shape index (κ2) is 4.14. The molecular formula is C12H16N2O2. The summed E-state index contributed by atoms with van der Waals surface area (Å²) in [6.07, 6.45) is 0.996. The Morgan fingerprint density at radius 1 is 1.50 bits per heavy atom. The van der Waals surface area contributed by atoms with E-state index < -0.39 is 6.03 Å². The number of benzene rings is 1. The van der Waals surface area contributed by atoms with E-state index in [-0.39, 0.29) is 6.04 Å². The first-order chi connectivity index (χ1) is 7.61. The van der Waals surface area contributed by atoms with Crippen LogP contribution in [0.2, 0.25) is 0 Å². The van der Waals surface area contributed by atoms with Crippen LogP contribution in [0.1, 0.15) is 24.8 Å². The topological polar surface area (TPSA) is 66.6 Å². The Bertz CT molecular complexity index is 380. The first kappa shape index (κ1) is 11.0. The van der Waals surface area contributed by atoms with Gasteiger partial charge in [-0.25, -0.2) is 9.86 Å². The van der Waals surface area contributed by atoms with Crippen molar-refractivity contribution >= 4 is 6.03 Å². The maximum Gasteiger partial charge on any atom is 0.338 e. The van der Waals surface area contributed by atoms with Gasteiger partial charge in [0, 0.05) is 0 Å². The fraction of sp³-hybridized carbons (Fsp3) is 0.417. The number of hydroxylamine groups is 2. The highest BCUT2D eigenvalue weighted by Gasteiger charge is 2.44. The molecule has 1 aliphatic carbocycles. The van der Waals surface area contributed by atoms with E-state index in [1.54, 1.807) is 0 Å². The van der Waals surface area contributed by atoms with Gasteiger partial charge in [-0.15, -0.1) is 0 Å². The van der Waals surface area contributed by atoms with Crippen molar-refractivity contribution in [3.63, 3.8) is 0 Å². The monoisotopic (exact) mass is 220 g/mol. The molecule has 0 radical (unpaired) electrons. The molecule has 1 saturated carbocycles. The Hall–Kier alpha value is -1.55. The van der Waals surface area contributed by atoms with Crippen LogP contribution in [0.5, 0.6) is 0 Å². The van der Waals surface area contributed by atoms with Gasteiger partial charge in [-0.2, -0.15) is 0 Å². The molecule has 2 rings (SSSR count). The lowest BCUT2D eigenvalue weighted by Gasteiger charge is -2.20. The van der Waals surface area contributed by atoms with Gasteiger partial charge in [-0.3, -0.25) is 5.21 Å². The van der Waals surface area contributed by atoms with Gasteiger partial charge in [-0.05, 0) is 30.7 Å². The molecule has 0 saturated heterocycles. The normalized spacial score (nSPS) is 24.9. The molecule has 1 aliphatic rings. The lowest BCUT2D eigenvalue weighted by Crippen LogP contribution is -2.40. The molecule has 3 atom stereocenters. The average molecular weight is 220 g/mol. The molecule has 0 aromatic heterocycles. The van der Waals surface area contributed by atoms with Gasteiger partial charge in [-0.1, -0.05) is 30.3 Å². The SMILES string of the molecule is CC(C1CC1c1ccccc1)N(O)C(N)=O. The van der Waals surface area contributed by atoms with E-state index in [9.17, 15) is 10.0 Å². The minimum absolute atomic E-state index is 0.220. The van der Waals surface area contributed by atoms with Gasteiger partial charge in [0.25, 0.3) is 0 Å². The molecule has 0 spiro atoms. The number of primary amides is 1. The van der Waals surface area contributed by atoms with Crippen molar-refractivity contribution in [2.24, 2.45) is 11.7 Å². The van der Waals surface area contributed by atoms with Crippen LogP contribution in [0, 0.1) is 5.92 Å². The van der Waals surface area contributed by atoms with Crippen molar-refractivity contribution in [1.29, 1.82) is 0 Å². The summed E-state index contributed by atoms with van der Waals surface area (Å²) in [7, 11) is 0. The number of nitrogens with two attached hydrogens (primary N) is 1. The summed E-state index contributed by atoms with van der Waals surface area (Å²) in [6, 6.07) is 9.12. The van der Waals surface area contributed by atoms with E-state index in [1.807, 2.05) is 25.1 Å². The van der Waals surface area contributed by atoms with Crippen molar-refractivity contribution < 1.29 is 10.0 Å². The molecule has 16 heavy (non-hydrogen) atoms. The zero-order valence-electron chi connectivity index (χ0n) is 9.21. The molecular weight excluding hydrogens is 204 g/mol. The quantitative estimate of drug-likeness (QED) is 0.604. The predicted molar refractivity (Wildman–Crippen MR) is 60.0 cm³/mol. The molecule has 4 heteroatoms. The largest absolute Gasteiger partial charge is 0.350 e. The summed E-state index contributed by atoms with van der Waals surface area (Å²) in [4.78, 5) is 10.8. The predicted octanol–water partition coefficient (Wildman–Crippen LogP) is 1.95. The molecule has 1 fully saturated rings. The van der Waals surface area contributed by atoms with Crippen LogP contribution in [-0.2, 0) is 0 Å². The summed E-state index contributed by atoms with van der Waals surface area (Å²) >= 11 is 0. The molecule has 4 nitrogen and oxygen atoms in total. The van der Waals surface area contributed by atoms with Gasteiger partial charge in [0.1, 0.15) is 0 Å². The molecule has 3 unspecified atom stereocenters. The van der Waals surface area contributed by atoms with Gasteiger partial charge < -0.3 is 5.73 Å². The van der Waals surface area contributed by atoms with E-state index in [0.29, 0.717) is 16.9 Å². The number of carbonyl (C=O) groups is 1. The summed E-state index contributed by atoms with van der Waals surface area (Å²) in [6.45, 7) is 1.82. The van der Waals surface area contributed by atoms with Crippen LogP contribution in [0.15, 0.2) is 30.3 Å². The Morgan fingerprint density at radius 2 is 2.12 bits per heavy atom. The lowest BCUT2D eigenvalue weighted by molar-refractivity contribution is -0.0760. The lowest BCUT2D eigenvalue weighted by atomic mass is 10.1. The number of rotatable bonds is 3. The number of urea groups is 1. The van der Waals surface area contributed by atoms with E-state index in [1.165, 1.54) is 5.56 Å². The van der Waals surface area contributed by atoms with Crippen molar-refractivity contribution in [2.75, 3.05) is 0 Å². The molecule has 86 valence electrons. The molecule has 0 bridgehead atoms. The summed E-state index contributed by atoms with van der Waals surface area (Å²) in [5, 5.41) is 10.1. The Morgan fingerprint density at radius 3 is 2.69 bits per heavy atom. The first-order valence-corrected chi connectivity index (χ1v) is 5.43. The van der Waals surface area contributed by atoms with Crippen molar-refractivity contribution in [1.82, 2.24) is 5.06 Å². The number of hydrogen-bond acceptors (Lipinski definition) is 2. The van der Waals surface area contributed by atoms with Crippen molar-refractivity contribution in [3.8, 4) is 0 Å². The van der Waals surface area contributed by atoms with E-state index in [4.69, 9.17) is 5.73 Å². The molecule has 2 amide bonds. The number of carbonyl (C=O) groups excluding carboxylic acids is 1. The highest BCUT2D eigenvalue weighted by molar-refractivity contribution is 5.71. The van der Waals surface area contributed by atoms with Crippen molar-refractivity contribution in [2.45, 2.75) is 25.3 Å². The van der Waals surface area contributed by atoms with E-state index in [2.05, 4.69) is 12.1 Å². The zero-order chi connectivity index (χ0) is 11.7. The Balaban J connectivity index is 1.99. The Labute approximate surface area is 94.6 Å². The number of nitrogens with zero attached hydrogens (tertiary/aromatic N) is 1. The number of amides is 2. The first-order valence-electron chi connectivity index (χ1n) is 5.43. The second-order valence-electron chi connectivity index (χ2n) is 4.34. The van der Waals surface area contributed by atoms with Gasteiger partial charge in [0.2, 0.25) is 0 Å². The van der Waals surface area contributed by atoms with Gasteiger partial charge in [0.15, 0.2) is 0 Å². The molecule has 0 heterocycles. The second-order valence-corrected chi connectivity index (χ2v) is 4.34. The molecule has 1 aromatic carbocycles. The smallest absolute Gasteiger partial charge is 0.338 e. The van der Waals surface area contributed by atoms with Crippen molar-refractivity contribution in [3.05, 3.63) is 35.9 Å². The van der Waals surface area contributed by atoms with Crippen LogP contribution in [0.3, 0.4) is 0 Å². The van der Waals surface area contributed by atoms with Gasteiger partial charge >= 0.3 is 6.03 Å². The highest BCUT2D eigenvalue weighted by atomic mass is 16.5. The summed E-state index contributed by atoms with van der Waals surface area (Å²) in [5.74, 6) is 0.741. The zero-order valence-corrected chi connectivity index (χ0v) is 9.21. The molecule has 1 aromatic rings. The summed E-state index contributed by atoms with van der Waals surface area (Å²) < 4.78 is 0. The van der Waals surface area contributed by atoms with Crippen LogP contribution < -0.4 is 5.73 Å². The third-order valence-electron chi connectivity index (χ3n) is 3.30. The maximum absolute atomic E-state index is 10.8. The fourth-order valence-electron chi connectivity index (χ4n) is 2.21. The molecule has 0 aliphatic heterocycles. The van der Waals surface area contributed by atoms with E-state index >= 15 is 0 Å². The van der Waals surface area contributed by atoms with Crippen LogP contribution in [-0.4, -0.2) is 22.3 Å². The van der Waals surface area contributed by atoms with Gasteiger partial charge in [0.05, 0.1) is 6.04 Å². The fourth-order valence-corrected chi connectivity index (χ4v) is 2.21. The van der Waals surface area contributed by atoms with Crippen LogP contribution in [0.25, 0.3) is 0 Å². The molecule has 3 N–H and O–H groups in total. The minimum atomic E-state index is -0.786. The third kappa shape index (κ3) is 2.02.